The number of thioether (sulfide) groups is 1. The number of aromatic nitrogens is 1. The fourth-order valence-corrected chi connectivity index (χ4v) is 2.46. The highest BCUT2D eigenvalue weighted by atomic mass is 32.2. The van der Waals surface area contributed by atoms with E-state index in [0.29, 0.717) is 5.56 Å². The Morgan fingerprint density at radius 2 is 2.12 bits per heavy atom. The first-order valence-electron chi connectivity index (χ1n) is 5.23. The first kappa shape index (κ1) is 11.8. The van der Waals surface area contributed by atoms with Crippen molar-refractivity contribution in [1.82, 2.24) is 4.98 Å². The third kappa shape index (κ3) is 2.91. The molecule has 3 nitrogen and oxygen atoms in total. The van der Waals surface area contributed by atoms with E-state index in [1.807, 2.05) is 36.5 Å². The molecule has 88 valence electrons. The second-order valence-corrected chi connectivity index (χ2v) is 4.49. The van der Waals surface area contributed by atoms with E-state index in [9.17, 15) is 4.79 Å². The van der Waals surface area contributed by atoms with Crippen molar-refractivity contribution in [2.45, 2.75) is 10.6 Å². The van der Waals surface area contributed by atoms with Crippen LogP contribution in [0.25, 0.3) is 0 Å². The third-order valence-corrected chi connectivity index (χ3v) is 3.46. The number of nitrogens with one attached hydrogen (secondary N) is 1. The molecule has 0 aliphatic carbocycles. The third-order valence-electron chi connectivity index (χ3n) is 2.34. The first-order chi connectivity index (χ1) is 8.31. The molecule has 0 amide bonds. The molecule has 0 unspecified atom stereocenters. The number of carbonyl (C=O) groups is 1. The summed E-state index contributed by atoms with van der Waals surface area (Å²) < 4.78 is 4.75. The molecular weight excluding hydrogens is 234 g/mol. The number of esters is 1. The number of methoxy groups -OCH3 is 1. The number of ether oxygens (including phenoxy) is 1. The lowest BCUT2D eigenvalue weighted by atomic mass is 10.2. The van der Waals surface area contributed by atoms with Gasteiger partial charge in [-0.25, -0.2) is 4.79 Å². The summed E-state index contributed by atoms with van der Waals surface area (Å²) >= 11 is 1.62. The predicted molar refractivity (Wildman–Crippen MR) is 68.1 cm³/mol. The maximum Gasteiger partial charge on any atom is 0.338 e. The molecule has 1 aromatic carbocycles. The normalized spacial score (nSPS) is 10.2. The van der Waals surface area contributed by atoms with Crippen molar-refractivity contribution in [2.75, 3.05) is 7.11 Å². The quantitative estimate of drug-likeness (QED) is 0.667. The summed E-state index contributed by atoms with van der Waals surface area (Å²) in [5.74, 6) is 0.515. The van der Waals surface area contributed by atoms with E-state index < -0.39 is 0 Å². The zero-order chi connectivity index (χ0) is 12.1. The van der Waals surface area contributed by atoms with E-state index in [0.717, 1.165) is 16.3 Å². The summed E-state index contributed by atoms with van der Waals surface area (Å²) in [4.78, 5) is 15.6. The van der Waals surface area contributed by atoms with E-state index in [2.05, 4.69) is 4.98 Å². The number of hydrogen-bond donors (Lipinski definition) is 1. The molecule has 0 radical (unpaired) electrons. The van der Waals surface area contributed by atoms with Crippen LogP contribution in [-0.2, 0) is 10.5 Å². The van der Waals surface area contributed by atoms with Crippen molar-refractivity contribution in [3.8, 4) is 0 Å². The maximum atomic E-state index is 11.6. The predicted octanol–water partition coefficient (Wildman–Crippen LogP) is 3.09. The fourth-order valence-electron chi connectivity index (χ4n) is 1.48. The highest BCUT2D eigenvalue weighted by molar-refractivity contribution is 7.98. The van der Waals surface area contributed by atoms with Crippen LogP contribution in [-0.4, -0.2) is 18.1 Å². The van der Waals surface area contributed by atoms with Gasteiger partial charge in [0.2, 0.25) is 0 Å². The number of H-pyrrole nitrogens is 1. The van der Waals surface area contributed by atoms with Crippen LogP contribution in [0.4, 0.5) is 0 Å². The first-order valence-corrected chi connectivity index (χ1v) is 6.22. The van der Waals surface area contributed by atoms with E-state index in [1.54, 1.807) is 17.8 Å². The van der Waals surface area contributed by atoms with Gasteiger partial charge in [-0.15, -0.1) is 11.8 Å². The van der Waals surface area contributed by atoms with Crippen LogP contribution in [0.5, 0.6) is 0 Å². The molecule has 0 atom stereocenters. The molecule has 0 saturated heterocycles. The van der Waals surface area contributed by atoms with Crippen LogP contribution in [0.1, 0.15) is 16.1 Å². The van der Waals surface area contributed by atoms with Crippen molar-refractivity contribution < 1.29 is 9.53 Å². The van der Waals surface area contributed by atoms with E-state index in [1.165, 1.54) is 7.11 Å². The van der Waals surface area contributed by atoms with Crippen molar-refractivity contribution >= 4 is 17.7 Å². The second-order valence-electron chi connectivity index (χ2n) is 3.47. The van der Waals surface area contributed by atoms with Crippen molar-refractivity contribution in [3.63, 3.8) is 0 Å². The summed E-state index contributed by atoms with van der Waals surface area (Å²) in [5, 5.41) is 0. The summed E-state index contributed by atoms with van der Waals surface area (Å²) in [6.45, 7) is 0. The minimum absolute atomic E-state index is 0.292. The van der Waals surface area contributed by atoms with Crippen LogP contribution in [0.15, 0.2) is 47.5 Å². The maximum absolute atomic E-state index is 11.6. The molecule has 0 bridgehead atoms. The molecule has 4 heteroatoms. The average molecular weight is 247 g/mol. The molecule has 17 heavy (non-hydrogen) atoms. The van der Waals surface area contributed by atoms with Gasteiger partial charge in [-0.1, -0.05) is 12.1 Å². The van der Waals surface area contributed by atoms with Gasteiger partial charge in [0.25, 0.3) is 0 Å². The minimum Gasteiger partial charge on any atom is -0.465 e. The van der Waals surface area contributed by atoms with E-state index >= 15 is 0 Å². The molecule has 0 aliphatic rings. The zero-order valence-electron chi connectivity index (χ0n) is 9.47. The standard InChI is InChI=1S/C13H13NO2S/c1-16-13(15)11-6-2-3-7-12(11)17-9-10-5-4-8-14-10/h2-8,14H,9H2,1H3. The molecule has 0 fully saturated rings. The van der Waals surface area contributed by atoms with Gasteiger partial charge >= 0.3 is 5.97 Å². The number of hydrogen-bond acceptors (Lipinski definition) is 3. The van der Waals surface area contributed by atoms with Crippen LogP contribution in [0.3, 0.4) is 0 Å². The molecule has 0 spiro atoms. The van der Waals surface area contributed by atoms with Crippen LogP contribution < -0.4 is 0 Å². The van der Waals surface area contributed by atoms with Gasteiger partial charge in [0.15, 0.2) is 0 Å². The Balaban J connectivity index is 2.12. The highest BCUT2D eigenvalue weighted by Gasteiger charge is 2.11. The Morgan fingerprint density at radius 1 is 1.29 bits per heavy atom. The molecule has 0 saturated carbocycles. The smallest absolute Gasteiger partial charge is 0.338 e. The Kier molecular flexibility index (Phi) is 3.88. The van der Waals surface area contributed by atoms with Gasteiger partial charge in [0.05, 0.1) is 12.7 Å². The van der Waals surface area contributed by atoms with Gasteiger partial charge in [-0.2, -0.15) is 0 Å². The number of carbonyl (C=O) groups excluding carboxylic acids is 1. The number of benzene rings is 1. The average Bonchev–Trinajstić information content (AvgIpc) is 2.89. The van der Waals surface area contributed by atoms with Crippen molar-refractivity contribution in [3.05, 3.63) is 53.9 Å². The monoisotopic (exact) mass is 247 g/mol. The fraction of sp³-hybridized carbons (Fsp3) is 0.154. The van der Waals surface area contributed by atoms with Gasteiger partial charge in [-0.05, 0) is 24.3 Å². The van der Waals surface area contributed by atoms with Gasteiger partial charge in [0.1, 0.15) is 0 Å². The van der Waals surface area contributed by atoms with E-state index in [4.69, 9.17) is 4.74 Å². The SMILES string of the molecule is COC(=O)c1ccccc1SCc1ccc[nH]1. The molecule has 1 aromatic heterocycles. The Labute approximate surface area is 104 Å². The lowest BCUT2D eigenvalue weighted by molar-refractivity contribution is 0.0597. The molecule has 0 aliphatic heterocycles. The second kappa shape index (κ2) is 5.59. The van der Waals surface area contributed by atoms with Crippen molar-refractivity contribution in [1.29, 1.82) is 0 Å². The Bertz CT molecular complexity index is 494. The largest absolute Gasteiger partial charge is 0.465 e. The van der Waals surface area contributed by atoms with Gasteiger partial charge in [-0.3, -0.25) is 0 Å². The molecule has 1 heterocycles. The highest BCUT2D eigenvalue weighted by Crippen LogP contribution is 2.26. The molecule has 1 N–H and O–H groups in total. The van der Waals surface area contributed by atoms with Gasteiger partial charge in [0, 0.05) is 22.5 Å². The minimum atomic E-state index is -0.292. The lowest BCUT2D eigenvalue weighted by Gasteiger charge is -2.06. The topological polar surface area (TPSA) is 42.1 Å². The Morgan fingerprint density at radius 3 is 2.82 bits per heavy atom. The van der Waals surface area contributed by atoms with Crippen LogP contribution >= 0.6 is 11.8 Å². The van der Waals surface area contributed by atoms with E-state index in [-0.39, 0.29) is 5.97 Å². The molecule has 2 rings (SSSR count). The molecule has 2 aromatic rings. The molecular formula is C13H13NO2S. The van der Waals surface area contributed by atoms with Crippen molar-refractivity contribution in [2.24, 2.45) is 0 Å². The number of rotatable bonds is 4. The zero-order valence-corrected chi connectivity index (χ0v) is 10.3. The summed E-state index contributed by atoms with van der Waals surface area (Å²) in [6.07, 6.45) is 1.89. The summed E-state index contributed by atoms with van der Waals surface area (Å²) in [7, 11) is 1.40. The van der Waals surface area contributed by atoms with Gasteiger partial charge < -0.3 is 9.72 Å². The summed E-state index contributed by atoms with van der Waals surface area (Å²) in [6, 6.07) is 11.5. The number of aromatic amines is 1. The lowest BCUT2D eigenvalue weighted by Crippen LogP contribution is -2.02. The van der Waals surface area contributed by atoms with Crippen LogP contribution in [0.2, 0.25) is 0 Å². The Hall–Kier alpha value is -1.68. The van der Waals surface area contributed by atoms with Crippen LogP contribution in [0, 0.1) is 0 Å². The summed E-state index contributed by atoms with van der Waals surface area (Å²) in [5.41, 5.74) is 1.75.